The van der Waals surface area contributed by atoms with E-state index in [9.17, 15) is 15.0 Å². The molecule has 1 amide bonds. The minimum Gasteiger partial charge on any atom is -0.394 e. The van der Waals surface area contributed by atoms with Crippen molar-refractivity contribution in [2.45, 2.75) is 366 Å². The van der Waals surface area contributed by atoms with Crippen molar-refractivity contribution in [2.24, 2.45) is 0 Å². The van der Waals surface area contributed by atoms with E-state index in [0.29, 0.717) is 12.8 Å². The molecular formula is C63H123NO3. The number of rotatable bonds is 58. The van der Waals surface area contributed by atoms with Crippen LogP contribution in [-0.2, 0) is 4.79 Å². The van der Waals surface area contributed by atoms with E-state index in [1.807, 2.05) is 0 Å². The fraction of sp³-hybridized carbons (Fsp3) is 0.921. The van der Waals surface area contributed by atoms with Gasteiger partial charge in [0.25, 0.3) is 0 Å². The highest BCUT2D eigenvalue weighted by Gasteiger charge is 2.20. The molecule has 0 saturated carbocycles. The molecule has 0 bridgehead atoms. The number of carbonyl (C=O) groups excluding carboxylic acids is 1. The van der Waals surface area contributed by atoms with E-state index in [4.69, 9.17) is 0 Å². The highest BCUT2D eigenvalue weighted by molar-refractivity contribution is 5.76. The number of hydrogen-bond acceptors (Lipinski definition) is 3. The van der Waals surface area contributed by atoms with Crippen molar-refractivity contribution in [3.05, 3.63) is 24.3 Å². The van der Waals surface area contributed by atoms with E-state index in [1.54, 1.807) is 0 Å². The Balaban J connectivity index is 3.41. The summed E-state index contributed by atoms with van der Waals surface area (Å²) in [7, 11) is 0. The van der Waals surface area contributed by atoms with Crippen molar-refractivity contribution in [2.75, 3.05) is 6.61 Å². The van der Waals surface area contributed by atoms with Gasteiger partial charge in [-0.1, -0.05) is 327 Å². The van der Waals surface area contributed by atoms with Crippen molar-refractivity contribution in [3.63, 3.8) is 0 Å². The standard InChI is InChI=1S/C63H123NO3/c1-3-5-7-9-11-13-15-17-19-21-23-25-27-29-30-31-32-33-35-36-38-40-42-44-46-48-50-52-54-56-58-62(66)61(60-65)64-63(67)59-57-55-53-51-49-47-45-43-41-39-37-34-28-26-24-22-20-18-16-14-12-10-8-6-4-2/h16,18,22,24,61-62,65-66H,3-15,17,19-21,23,25-60H2,1-2H3,(H,64,67)/b18-16-,24-22-. The first-order chi connectivity index (χ1) is 33.2. The number of carbonyl (C=O) groups is 1. The Morgan fingerprint density at radius 1 is 0.358 bits per heavy atom. The van der Waals surface area contributed by atoms with Crippen molar-refractivity contribution in [1.82, 2.24) is 5.32 Å². The molecule has 4 nitrogen and oxygen atoms in total. The van der Waals surface area contributed by atoms with Crippen LogP contribution in [0.15, 0.2) is 24.3 Å². The van der Waals surface area contributed by atoms with Gasteiger partial charge in [0.2, 0.25) is 5.91 Å². The summed E-state index contributed by atoms with van der Waals surface area (Å²) < 4.78 is 0. The Hall–Kier alpha value is -1.13. The quantitative estimate of drug-likeness (QED) is 0.0420. The summed E-state index contributed by atoms with van der Waals surface area (Å²) in [4.78, 5) is 12.5. The maximum absolute atomic E-state index is 12.5. The van der Waals surface area contributed by atoms with Gasteiger partial charge in [-0.3, -0.25) is 4.79 Å². The predicted molar refractivity (Wildman–Crippen MR) is 299 cm³/mol. The molecule has 2 unspecified atom stereocenters. The minimum atomic E-state index is -0.660. The normalized spacial score (nSPS) is 12.8. The smallest absolute Gasteiger partial charge is 0.220 e. The molecule has 398 valence electrons. The minimum absolute atomic E-state index is 0.0261. The number of hydrogen-bond donors (Lipinski definition) is 3. The highest BCUT2D eigenvalue weighted by Crippen LogP contribution is 2.18. The highest BCUT2D eigenvalue weighted by atomic mass is 16.3. The van der Waals surface area contributed by atoms with Crippen molar-refractivity contribution < 1.29 is 15.0 Å². The molecule has 0 heterocycles. The van der Waals surface area contributed by atoms with Crippen LogP contribution < -0.4 is 5.32 Å². The van der Waals surface area contributed by atoms with Crippen LogP contribution in [0.25, 0.3) is 0 Å². The molecule has 2 atom stereocenters. The van der Waals surface area contributed by atoms with Crippen LogP contribution in [0.4, 0.5) is 0 Å². The molecule has 0 radical (unpaired) electrons. The Morgan fingerprint density at radius 3 is 0.896 bits per heavy atom. The van der Waals surface area contributed by atoms with Crippen LogP contribution >= 0.6 is 0 Å². The lowest BCUT2D eigenvalue weighted by atomic mass is 10.0. The van der Waals surface area contributed by atoms with Crippen molar-refractivity contribution >= 4 is 5.91 Å². The van der Waals surface area contributed by atoms with Crippen LogP contribution in [-0.4, -0.2) is 34.9 Å². The van der Waals surface area contributed by atoms with E-state index in [2.05, 4.69) is 43.5 Å². The van der Waals surface area contributed by atoms with Gasteiger partial charge in [0.05, 0.1) is 18.8 Å². The van der Waals surface area contributed by atoms with Gasteiger partial charge in [-0.05, 0) is 44.9 Å². The predicted octanol–water partition coefficient (Wildman–Crippen LogP) is 20.7. The lowest BCUT2D eigenvalue weighted by molar-refractivity contribution is -0.123. The first-order valence-corrected chi connectivity index (χ1v) is 31.0. The largest absolute Gasteiger partial charge is 0.394 e. The van der Waals surface area contributed by atoms with Crippen LogP contribution in [0.2, 0.25) is 0 Å². The topological polar surface area (TPSA) is 69.6 Å². The summed E-state index contributed by atoms with van der Waals surface area (Å²) in [5, 5.41) is 23.4. The zero-order chi connectivity index (χ0) is 48.5. The van der Waals surface area contributed by atoms with Crippen LogP contribution in [0, 0.1) is 0 Å². The molecule has 0 aliphatic carbocycles. The summed E-state index contributed by atoms with van der Waals surface area (Å²) in [6.07, 6.45) is 79.1. The number of allylic oxidation sites excluding steroid dienone is 4. The monoisotopic (exact) mass is 942 g/mol. The zero-order valence-corrected chi connectivity index (χ0v) is 46.0. The summed E-state index contributed by atoms with van der Waals surface area (Å²) in [6.45, 7) is 4.39. The molecule has 0 fully saturated rings. The van der Waals surface area contributed by atoms with E-state index in [0.717, 1.165) is 32.1 Å². The summed E-state index contributed by atoms with van der Waals surface area (Å²) in [5.74, 6) is -0.0261. The Morgan fingerprint density at radius 2 is 0.612 bits per heavy atom. The summed E-state index contributed by atoms with van der Waals surface area (Å²) in [5.41, 5.74) is 0. The van der Waals surface area contributed by atoms with Crippen LogP contribution in [0.5, 0.6) is 0 Å². The van der Waals surface area contributed by atoms with Gasteiger partial charge in [0, 0.05) is 6.42 Å². The number of aliphatic hydroxyl groups is 2. The summed E-state index contributed by atoms with van der Waals surface area (Å²) >= 11 is 0. The molecule has 0 rings (SSSR count). The number of nitrogens with one attached hydrogen (secondary N) is 1. The number of unbranched alkanes of at least 4 members (excludes halogenated alkanes) is 47. The van der Waals surface area contributed by atoms with E-state index < -0.39 is 12.1 Å². The van der Waals surface area contributed by atoms with Gasteiger partial charge in [0.15, 0.2) is 0 Å². The maximum Gasteiger partial charge on any atom is 0.220 e. The lowest BCUT2D eigenvalue weighted by Gasteiger charge is -2.22. The zero-order valence-electron chi connectivity index (χ0n) is 46.0. The van der Waals surface area contributed by atoms with Gasteiger partial charge in [-0.25, -0.2) is 0 Å². The molecule has 0 aliphatic rings. The fourth-order valence-corrected chi connectivity index (χ4v) is 9.98. The lowest BCUT2D eigenvalue weighted by Crippen LogP contribution is -2.45. The Kier molecular flexibility index (Phi) is 58.2. The van der Waals surface area contributed by atoms with Gasteiger partial charge in [0.1, 0.15) is 0 Å². The molecule has 0 aromatic heterocycles. The van der Waals surface area contributed by atoms with Gasteiger partial charge < -0.3 is 15.5 Å². The van der Waals surface area contributed by atoms with Gasteiger partial charge >= 0.3 is 0 Å². The Bertz CT molecular complexity index is 978. The van der Waals surface area contributed by atoms with E-state index >= 15 is 0 Å². The second-order valence-corrected chi connectivity index (χ2v) is 21.5. The average molecular weight is 943 g/mol. The molecule has 0 aromatic rings. The van der Waals surface area contributed by atoms with Gasteiger partial charge in [-0.15, -0.1) is 0 Å². The molecule has 3 N–H and O–H groups in total. The summed E-state index contributed by atoms with van der Waals surface area (Å²) in [6, 6.07) is -0.537. The van der Waals surface area contributed by atoms with Gasteiger partial charge in [-0.2, -0.15) is 0 Å². The fourth-order valence-electron chi connectivity index (χ4n) is 9.98. The third-order valence-corrected chi connectivity index (χ3v) is 14.7. The Labute approximate surface area is 421 Å². The van der Waals surface area contributed by atoms with Crippen LogP contribution in [0.3, 0.4) is 0 Å². The molecule has 0 spiro atoms. The van der Waals surface area contributed by atoms with E-state index in [1.165, 1.54) is 295 Å². The number of aliphatic hydroxyl groups excluding tert-OH is 2. The molecule has 0 saturated heterocycles. The first-order valence-electron chi connectivity index (χ1n) is 31.0. The average Bonchev–Trinajstić information content (AvgIpc) is 3.33. The molecule has 4 heteroatoms. The second-order valence-electron chi connectivity index (χ2n) is 21.5. The van der Waals surface area contributed by atoms with Crippen molar-refractivity contribution in [1.29, 1.82) is 0 Å². The molecule has 67 heavy (non-hydrogen) atoms. The first kappa shape index (κ1) is 65.9. The second kappa shape index (κ2) is 59.2. The number of amides is 1. The van der Waals surface area contributed by atoms with E-state index in [-0.39, 0.29) is 12.5 Å². The SMILES string of the molecule is CCCCCCC/C=C\C/C=C\CCCCCCCCCCCCCCCC(=O)NC(CO)C(O)CCCCCCCCCCCCCCCCCCCCCCCCCCCCCCCC. The van der Waals surface area contributed by atoms with Crippen molar-refractivity contribution in [3.8, 4) is 0 Å². The molecular weight excluding hydrogens is 819 g/mol. The molecule has 0 aromatic carbocycles. The third-order valence-electron chi connectivity index (χ3n) is 14.7. The van der Waals surface area contributed by atoms with Crippen LogP contribution in [0.1, 0.15) is 354 Å². The maximum atomic E-state index is 12.5. The third kappa shape index (κ3) is 55.7. The molecule has 0 aliphatic heterocycles.